The number of hydrogen-bond donors (Lipinski definition) is 0. The van der Waals surface area contributed by atoms with Crippen molar-refractivity contribution in [2.45, 2.75) is 173 Å². The van der Waals surface area contributed by atoms with E-state index >= 15 is 19.2 Å². The first kappa shape index (κ1) is 86.3. The Labute approximate surface area is 716 Å². The van der Waals surface area contributed by atoms with Gasteiger partial charge >= 0.3 is 53.7 Å². The van der Waals surface area contributed by atoms with E-state index in [1.54, 1.807) is 158 Å². The topological polar surface area (TPSA) is 274 Å². The van der Waals surface area contributed by atoms with Gasteiger partial charge in [-0.15, -0.1) is 0 Å². The molecule has 6 fully saturated rings. The fourth-order valence-electron chi connectivity index (χ4n) is 20.8. The molecule has 0 aromatic heterocycles. The van der Waals surface area contributed by atoms with Crippen molar-refractivity contribution >= 4 is 53.7 Å². The van der Waals surface area contributed by atoms with E-state index in [1.807, 2.05) is 6.07 Å². The van der Waals surface area contributed by atoms with E-state index in [1.165, 1.54) is 90.5 Å². The normalized spacial score (nSPS) is 30.3. The maximum absolute atomic E-state index is 15.6. The molecule has 0 N–H and O–H groups in total. The summed E-state index contributed by atoms with van der Waals surface area (Å²) in [7, 11) is 0. The van der Waals surface area contributed by atoms with Crippen LogP contribution in [0, 0.1) is 50.2 Å². The van der Waals surface area contributed by atoms with Crippen LogP contribution in [0.2, 0.25) is 0 Å². The Balaban J connectivity index is 0.873. The number of rotatable bonds is 26. The molecule has 22 nitrogen and oxygen atoms in total. The zero-order valence-electron chi connectivity index (χ0n) is 69.9. The molecule has 22 heteroatoms. The minimum Gasteiger partial charge on any atom is -0.461 e. The summed E-state index contributed by atoms with van der Waals surface area (Å²) in [4.78, 5) is 135. The molecule has 2 saturated heterocycles. The molecule has 0 radical (unpaired) electrons. The Hall–Kier alpha value is -11.7. The fraction of sp³-hybridized carbons (Fsp3) is 0.396. The van der Waals surface area contributed by atoms with Crippen molar-refractivity contribution in [1.29, 1.82) is 0 Å². The monoisotopic (exact) mass is 1670 g/mol. The van der Waals surface area contributed by atoms with Crippen LogP contribution < -0.4 is 0 Å². The van der Waals surface area contributed by atoms with Crippen molar-refractivity contribution in [2.75, 3.05) is 26.4 Å². The van der Waals surface area contributed by atoms with Crippen molar-refractivity contribution in [3.05, 3.63) is 311 Å². The second kappa shape index (κ2) is 36.8. The minimum absolute atomic E-state index is 0.00334. The molecule has 15 rings (SSSR count). The van der Waals surface area contributed by atoms with Crippen molar-refractivity contribution in [3.8, 4) is 0 Å². The maximum atomic E-state index is 15.6. The lowest BCUT2D eigenvalue weighted by atomic mass is 9.33. The molecule has 7 aliphatic rings. The Morgan fingerprint density at radius 1 is 0.382 bits per heavy atom. The van der Waals surface area contributed by atoms with Crippen LogP contribution in [0.1, 0.15) is 189 Å². The lowest BCUT2D eigenvalue weighted by Gasteiger charge is -2.71. The molecule has 4 saturated carbocycles. The summed E-state index contributed by atoms with van der Waals surface area (Å²) in [5, 5.41) is 0. The predicted octanol–water partition coefficient (Wildman–Crippen LogP) is 17.4. The van der Waals surface area contributed by atoms with Crippen LogP contribution in [0.15, 0.2) is 267 Å². The second-order valence-corrected chi connectivity index (χ2v) is 35.2. The molecule has 1 unspecified atom stereocenters. The molecular weight excluding hydrogens is 1570 g/mol. The van der Waals surface area contributed by atoms with Crippen LogP contribution in [-0.2, 0) is 66.4 Å². The number of hydrogen-bond acceptors (Lipinski definition) is 22. The maximum Gasteiger partial charge on any atom is 0.338 e. The number of carbonyl (C=O) groups is 9. The molecule has 8 aromatic rings. The van der Waals surface area contributed by atoms with Gasteiger partial charge < -0.3 is 61.6 Å². The molecule has 123 heavy (non-hydrogen) atoms. The van der Waals surface area contributed by atoms with Crippen LogP contribution >= 0.6 is 0 Å². The predicted molar refractivity (Wildman–Crippen MR) is 450 cm³/mol. The first-order chi connectivity index (χ1) is 59.3. The van der Waals surface area contributed by atoms with Gasteiger partial charge in [0, 0.05) is 5.41 Å². The van der Waals surface area contributed by atoms with Crippen LogP contribution in [0.3, 0.4) is 0 Å². The summed E-state index contributed by atoms with van der Waals surface area (Å²) in [6.07, 6.45) is -9.44. The van der Waals surface area contributed by atoms with Crippen molar-refractivity contribution in [1.82, 2.24) is 0 Å². The van der Waals surface area contributed by atoms with Gasteiger partial charge in [0.1, 0.15) is 38.1 Å². The highest BCUT2D eigenvalue weighted by Gasteiger charge is 2.71. The molecule has 8 aromatic carbocycles. The van der Waals surface area contributed by atoms with Gasteiger partial charge in [-0.2, -0.15) is 0 Å². The van der Waals surface area contributed by atoms with Gasteiger partial charge in [-0.3, -0.25) is 4.79 Å². The molecular formula is C101H104O22. The quantitative estimate of drug-likeness (QED) is 0.0211. The molecule has 19 atom stereocenters. The molecule has 0 amide bonds. The third-order valence-electron chi connectivity index (χ3n) is 27.5. The highest BCUT2D eigenvalue weighted by molar-refractivity contribution is 5.94. The molecule has 0 bridgehead atoms. The zero-order valence-corrected chi connectivity index (χ0v) is 69.9. The van der Waals surface area contributed by atoms with E-state index in [9.17, 15) is 24.0 Å². The Bertz CT molecular complexity index is 5130. The van der Waals surface area contributed by atoms with E-state index in [2.05, 4.69) is 54.2 Å². The van der Waals surface area contributed by atoms with Gasteiger partial charge in [-0.05, 0) is 201 Å². The van der Waals surface area contributed by atoms with Gasteiger partial charge in [0.15, 0.2) is 43.1 Å². The van der Waals surface area contributed by atoms with Gasteiger partial charge in [0.25, 0.3) is 0 Å². The van der Waals surface area contributed by atoms with E-state index in [-0.39, 0.29) is 98.5 Å². The molecule has 0 spiro atoms. The number of allylic oxidation sites excluding steroid dienone is 2. The van der Waals surface area contributed by atoms with Gasteiger partial charge in [-0.25, -0.2) is 38.4 Å². The minimum atomic E-state index is -2.16. The van der Waals surface area contributed by atoms with E-state index in [0.29, 0.717) is 31.2 Å². The van der Waals surface area contributed by atoms with Gasteiger partial charge in [-0.1, -0.05) is 211 Å². The number of carbonyl (C=O) groups excluding carboxylic acids is 9. The average molecular weight is 1670 g/mol. The smallest absolute Gasteiger partial charge is 0.338 e. The number of benzene rings is 8. The van der Waals surface area contributed by atoms with Crippen molar-refractivity contribution < 1.29 is 105 Å². The lowest BCUT2D eigenvalue weighted by Crippen LogP contribution is -2.69. The second-order valence-electron chi connectivity index (χ2n) is 35.2. The first-order valence-corrected chi connectivity index (χ1v) is 42.4. The van der Waals surface area contributed by atoms with Gasteiger partial charge in [0.2, 0.25) is 0 Å². The third kappa shape index (κ3) is 17.8. The number of esters is 9. The lowest BCUT2D eigenvalue weighted by molar-refractivity contribution is -0.366. The fourth-order valence-corrected chi connectivity index (χ4v) is 20.8. The van der Waals surface area contributed by atoms with Crippen molar-refractivity contribution in [3.63, 3.8) is 0 Å². The van der Waals surface area contributed by atoms with Crippen LogP contribution in [0.4, 0.5) is 0 Å². The van der Waals surface area contributed by atoms with Gasteiger partial charge in [0.05, 0.1) is 62.6 Å². The first-order valence-electron chi connectivity index (χ1n) is 42.4. The standard InChI is InChI=1S/C101H104O22/c1-8-59-111-95(110)101-57-55-96(2,3)60-73(101)72-49-50-77-97(4)53-52-78(98(5,63-114-87(104)66-37-21-11-22-38-66)76(97)51-54-100(77,7)99(72,6)56-58-101)117-93-83(121-91(108)70-45-29-15-30-46-70)82(120-90(107)69-43-27-14-28-44-69)80(75(115-93)62-113-86(103)65-35-19-10-20-36-65)123-94-84(122-92(109)71-47-31-16-32-48-71)81(119-89(106)68-41-25-13-26-42-68)79(118-88(105)67-39-23-12-24-40-67)74(116-94)61-112-85(102)64-33-17-9-18-34-64/h8-49,73-84,93-94H,1,50-63H2,2-7H3/t73-,74+,75+,76?,77+,78-,79+,80+,81-,82-,83+,84+,93-,94-,97-,98-,99+,100+,101-/m0/s1. The van der Waals surface area contributed by atoms with Crippen molar-refractivity contribution in [2.24, 2.45) is 50.2 Å². The van der Waals surface area contributed by atoms with Crippen LogP contribution in [0.5, 0.6) is 0 Å². The number of fused-ring (bicyclic) bond motifs is 7. The van der Waals surface area contributed by atoms with Crippen LogP contribution in [-0.4, -0.2) is 148 Å². The highest BCUT2D eigenvalue weighted by atomic mass is 16.8. The molecule has 5 aliphatic carbocycles. The Kier molecular flexibility index (Phi) is 25.8. The summed E-state index contributed by atoms with van der Waals surface area (Å²) in [6.45, 7) is 16.1. The summed E-state index contributed by atoms with van der Waals surface area (Å²) in [5.74, 6) is -7.76. The summed E-state index contributed by atoms with van der Waals surface area (Å²) in [5.41, 5.74) is -1.15. The molecule has 640 valence electrons. The van der Waals surface area contributed by atoms with E-state index in [0.717, 1.165) is 32.1 Å². The Morgan fingerprint density at radius 2 is 0.748 bits per heavy atom. The Morgan fingerprint density at radius 3 is 1.17 bits per heavy atom. The summed E-state index contributed by atoms with van der Waals surface area (Å²) in [6, 6.07) is 64.1. The zero-order chi connectivity index (χ0) is 86.3. The third-order valence-corrected chi connectivity index (χ3v) is 27.5. The highest BCUT2D eigenvalue weighted by Crippen LogP contribution is 2.76. The summed E-state index contributed by atoms with van der Waals surface area (Å²) < 4.78 is 88.0. The molecule has 2 aliphatic heterocycles. The summed E-state index contributed by atoms with van der Waals surface area (Å²) >= 11 is 0. The van der Waals surface area contributed by atoms with E-state index < -0.39 is 145 Å². The average Bonchev–Trinajstić information content (AvgIpc) is 0.672. The molecule has 2 heterocycles. The SMILES string of the molecule is C=CCOC(=O)[C@]12CCC(C)(C)C[C@H]1C1=CC[C@@H]3[C@@]4(C)CC[C@H](O[C@@H]5O[C@H](COC(=O)c6ccccc6)[C@@H](O[C@@H]6O[C@H](COC(=O)c7ccccc7)[C@@H](OC(=O)c7ccccc7)[C@H](OC(=O)c7ccccc7)[C@H]6OC(=O)c6ccccc6)[C@H](OC(=O)c6ccccc6)[C@H]5OC(=O)c5ccccc5)[C@@](C)(COC(=O)c5ccccc5)C4CC[C@@]3(C)[C@]1(C)CC2. The largest absolute Gasteiger partial charge is 0.461 e. The van der Waals surface area contributed by atoms with Crippen LogP contribution in [0.25, 0.3) is 0 Å². The number of ether oxygens (including phenoxy) is 13. The van der Waals surface area contributed by atoms with E-state index in [4.69, 9.17) is 61.6 Å².